The van der Waals surface area contributed by atoms with Gasteiger partial charge in [0.25, 0.3) is 5.79 Å². The van der Waals surface area contributed by atoms with Gasteiger partial charge in [0.1, 0.15) is 73.8 Å². The van der Waals surface area contributed by atoms with Crippen molar-refractivity contribution in [3.05, 3.63) is 0 Å². The highest BCUT2D eigenvalue weighted by Crippen LogP contribution is 2.38. The number of hydrogen-bond acceptors (Lipinski definition) is 19. The van der Waals surface area contributed by atoms with Crippen molar-refractivity contribution in [2.45, 2.75) is 104 Å². The Morgan fingerprint density at radius 3 is 2.05 bits per heavy atom. The minimum Gasteiger partial charge on any atom is -0.477 e. The normalized spacial score (nSPS) is 44.5. The number of carboxylic acids is 1. The number of carboxylic acid groups (broad SMARTS) is 1. The van der Waals surface area contributed by atoms with E-state index in [0.29, 0.717) is 0 Å². The summed E-state index contributed by atoms with van der Waals surface area (Å²) in [5.41, 5.74) is 0. The maximum atomic E-state index is 12.6. The van der Waals surface area contributed by atoms with Gasteiger partial charge in [0.15, 0.2) is 12.6 Å². The first-order valence-electron chi connectivity index (χ1n) is 13.4. The number of aliphatic carboxylic acids is 1. The molecule has 0 saturated carbocycles. The summed E-state index contributed by atoms with van der Waals surface area (Å²) in [5.74, 6) is -6.21. The van der Waals surface area contributed by atoms with Gasteiger partial charge < -0.3 is 95.4 Å². The standard InChI is InChI=1S/C23H39NO20/c25-2-7(30)12(32)18-11(24-10(31)5-28)6(29)1-23(43-18,22(38)39)44-19-13(33)8(3-26)41-21(16(19)36)42-17-9(4-27)40-20(37)15(35)14(17)34/h6-9,11-21,25-30,32-37H,1-5H2,(H,24,31)(H,38,39)/t6-,7+,8+,9+,11+,12+,13-,14+,15+,16+,17+,18+,19-,20?,21-,23?/m0/s1. The molecule has 0 aromatic rings. The number of hydrogen-bond donors (Lipinski definition) is 14. The Kier molecular flexibility index (Phi) is 12.7. The zero-order valence-electron chi connectivity index (χ0n) is 22.9. The van der Waals surface area contributed by atoms with Crippen molar-refractivity contribution in [3.8, 4) is 0 Å². The zero-order chi connectivity index (χ0) is 33.1. The van der Waals surface area contributed by atoms with Gasteiger partial charge in [-0.25, -0.2) is 4.79 Å². The summed E-state index contributed by atoms with van der Waals surface area (Å²) >= 11 is 0. The molecule has 0 aromatic heterocycles. The van der Waals surface area contributed by atoms with E-state index in [0.717, 1.165) is 0 Å². The molecule has 256 valence electrons. The smallest absolute Gasteiger partial charge is 0.364 e. The van der Waals surface area contributed by atoms with Gasteiger partial charge in [-0.2, -0.15) is 0 Å². The van der Waals surface area contributed by atoms with Crippen LogP contribution in [-0.2, 0) is 33.3 Å². The highest BCUT2D eigenvalue weighted by Gasteiger charge is 2.60. The fourth-order valence-electron chi connectivity index (χ4n) is 5.16. The minimum absolute atomic E-state index is 0.883. The maximum absolute atomic E-state index is 12.6. The van der Waals surface area contributed by atoms with E-state index in [-0.39, 0.29) is 0 Å². The monoisotopic (exact) mass is 649 g/mol. The lowest BCUT2D eigenvalue weighted by molar-refractivity contribution is -0.385. The topological polar surface area (TPSA) is 355 Å². The van der Waals surface area contributed by atoms with Crippen LogP contribution in [-0.4, -0.2) is 202 Å². The highest BCUT2D eigenvalue weighted by molar-refractivity contribution is 5.78. The van der Waals surface area contributed by atoms with Crippen LogP contribution in [0.15, 0.2) is 0 Å². The molecule has 3 heterocycles. The van der Waals surface area contributed by atoms with Crippen molar-refractivity contribution in [2.24, 2.45) is 0 Å². The van der Waals surface area contributed by atoms with Crippen LogP contribution in [0.2, 0.25) is 0 Å². The van der Waals surface area contributed by atoms with E-state index in [1.165, 1.54) is 0 Å². The molecule has 0 radical (unpaired) electrons. The van der Waals surface area contributed by atoms with Crippen LogP contribution in [0.1, 0.15) is 6.42 Å². The summed E-state index contributed by atoms with van der Waals surface area (Å²) in [5, 5.41) is 133. The Balaban J connectivity index is 1.95. The van der Waals surface area contributed by atoms with Gasteiger partial charge in [0, 0.05) is 6.42 Å². The molecule has 3 rings (SSSR count). The van der Waals surface area contributed by atoms with Gasteiger partial charge >= 0.3 is 5.97 Å². The summed E-state index contributed by atoms with van der Waals surface area (Å²) in [6, 6.07) is -1.70. The lowest BCUT2D eigenvalue weighted by Gasteiger charge is -2.50. The molecule has 16 atom stereocenters. The summed E-state index contributed by atoms with van der Waals surface area (Å²) in [6.07, 6.45) is -28.5. The van der Waals surface area contributed by atoms with Crippen molar-refractivity contribution >= 4 is 11.9 Å². The highest BCUT2D eigenvalue weighted by atomic mass is 16.8. The third kappa shape index (κ3) is 7.45. The van der Waals surface area contributed by atoms with Crippen molar-refractivity contribution in [1.82, 2.24) is 5.32 Å². The molecule has 0 spiro atoms. The molecule has 1 amide bonds. The average Bonchev–Trinajstić information content (AvgIpc) is 3.00. The second-order valence-corrected chi connectivity index (χ2v) is 10.5. The third-order valence-electron chi connectivity index (χ3n) is 7.57. The molecule has 3 fully saturated rings. The van der Waals surface area contributed by atoms with Gasteiger partial charge in [0.05, 0.1) is 32.0 Å². The SMILES string of the molecule is O=C(CO)N[C@H]1[C@H]([C@H](O)[C@H](O)CO)OC(O[C@H]2[C@@H](O)[C@@H](CO)O[C@@H](O[C@H]3[C@H](O)[C@@H](O)C(O)O[C@@H]3CO)[C@@H]2O)(C(=O)O)C[C@@H]1O. The molecule has 21 heteroatoms. The summed E-state index contributed by atoms with van der Waals surface area (Å²) in [7, 11) is 0. The van der Waals surface area contributed by atoms with E-state index in [4.69, 9.17) is 28.8 Å². The third-order valence-corrected chi connectivity index (χ3v) is 7.57. The summed E-state index contributed by atoms with van der Waals surface area (Å²) < 4.78 is 26.8. The predicted octanol–water partition coefficient (Wildman–Crippen LogP) is -9.25. The van der Waals surface area contributed by atoms with Gasteiger partial charge in [0.2, 0.25) is 5.91 Å². The lowest BCUT2D eigenvalue weighted by atomic mass is 9.88. The van der Waals surface area contributed by atoms with Gasteiger partial charge in [-0.15, -0.1) is 0 Å². The summed E-state index contributed by atoms with van der Waals surface area (Å²) in [6.45, 7) is -4.07. The zero-order valence-corrected chi connectivity index (χ0v) is 22.9. The van der Waals surface area contributed by atoms with Crippen LogP contribution in [0, 0.1) is 0 Å². The number of aliphatic hydroxyl groups excluding tert-OH is 12. The first kappa shape index (κ1) is 36.7. The Morgan fingerprint density at radius 2 is 1.50 bits per heavy atom. The fraction of sp³-hybridized carbons (Fsp3) is 0.913. The van der Waals surface area contributed by atoms with Crippen LogP contribution in [0.3, 0.4) is 0 Å². The van der Waals surface area contributed by atoms with Gasteiger partial charge in [-0.1, -0.05) is 0 Å². The maximum Gasteiger partial charge on any atom is 0.364 e. The molecule has 21 nitrogen and oxygen atoms in total. The van der Waals surface area contributed by atoms with Gasteiger partial charge in [-0.3, -0.25) is 4.79 Å². The van der Waals surface area contributed by atoms with Crippen molar-refractivity contribution < 1.29 is 99.7 Å². The quantitative estimate of drug-likeness (QED) is 0.0932. The number of ether oxygens (including phenoxy) is 5. The first-order valence-corrected chi connectivity index (χ1v) is 13.4. The van der Waals surface area contributed by atoms with E-state index < -0.39 is 142 Å². The molecule has 0 bridgehead atoms. The molecule has 14 N–H and O–H groups in total. The van der Waals surface area contributed by atoms with Crippen molar-refractivity contribution in [1.29, 1.82) is 0 Å². The first-order chi connectivity index (χ1) is 20.7. The molecular formula is C23H39NO20. The van der Waals surface area contributed by atoms with Gasteiger partial charge in [-0.05, 0) is 0 Å². The second-order valence-electron chi connectivity index (χ2n) is 10.5. The van der Waals surface area contributed by atoms with E-state index in [1.54, 1.807) is 0 Å². The van der Waals surface area contributed by atoms with Crippen LogP contribution in [0.5, 0.6) is 0 Å². The molecule has 0 aromatic carbocycles. The number of carbonyl (C=O) groups excluding carboxylic acids is 1. The van der Waals surface area contributed by atoms with Crippen molar-refractivity contribution in [3.63, 3.8) is 0 Å². The predicted molar refractivity (Wildman–Crippen MR) is 131 cm³/mol. The molecule has 3 aliphatic rings. The average molecular weight is 650 g/mol. The lowest BCUT2D eigenvalue weighted by Crippen LogP contribution is -2.71. The Hall–Kier alpha value is -1.74. The summed E-state index contributed by atoms with van der Waals surface area (Å²) in [4.78, 5) is 24.4. The van der Waals surface area contributed by atoms with Crippen LogP contribution in [0.4, 0.5) is 0 Å². The van der Waals surface area contributed by atoms with E-state index in [2.05, 4.69) is 5.32 Å². The number of nitrogens with one attached hydrogen (secondary N) is 1. The molecule has 0 aliphatic carbocycles. The van der Waals surface area contributed by atoms with E-state index in [9.17, 15) is 70.9 Å². The van der Waals surface area contributed by atoms with Crippen molar-refractivity contribution in [2.75, 3.05) is 26.4 Å². The number of carbonyl (C=O) groups is 2. The van der Waals surface area contributed by atoms with Crippen LogP contribution < -0.4 is 5.32 Å². The second kappa shape index (κ2) is 15.2. The largest absolute Gasteiger partial charge is 0.477 e. The van der Waals surface area contributed by atoms with E-state index >= 15 is 0 Å². The number of amides is 1. The Morgan fingerprint density at radius 1 is 0.864 bits per heavy atom. The van der Waals surface area contributed by atoms with E-state index in [1.807, 2.05) is 0 Å². The minimum atomic E-state index is -3.09. The number of aliphatic hydroxyl groups is 12. The molecule has 44 heavy (non-hydrogen) atoms. The number of rotatable bonds is 12. The fourth-order valence-corrected chi connectivity index (χ4v) is 5.16. The Labute approximate surface area is 248 Å². The van der Waals surface area contributed by atoms with Crippen LogP contribution >= 0.6 is 0 Å². The molecule has 3 saturated heterocycles. The molecular weight excluding hydrogens is 610 g/mol. The Bertz CT molecular complexity index is 959. The molecule has 3 aliphatic heterocycles. The molecule has 2 unspecified atom stereocenters. The van der Waals surface area contributed by atoms with Crippen LogP contribution in [0.25, 0.3) is 0 Å².